The van der Waals surface area contributed by atoms with Crippen LogP contribution in [0.3, 0.4) is 0 Å². The van der Waals surface area contributed by atoms with E-state index in [1.807, 2.05) is 19.2 Å². The van der Waals surface area contributed by atoms with E-state index in [4.69, 9.17) is 0 Å². The summed E-state index contributed by atoms with van der Waals surface area (Å²) in [6.45, 7) is 5.47. The molecule has 2 aromatic rings. The van der Waals surface area contributed by atoms with Crippen LogP contribution >= 0.6 is 11.3 Å². The number of carbonyl (C=O) groups is 1. The number of hydrogen-bond acceptors (Lipinski definition) is 4. The van der Waals surface area contributed by atoms with E-state index in [1.54, 1.807) is 13.1 Å². The minimum absolute atomic E-state index is 0.107. The number of aryl methyl sites for hydroxylation is 1. The molecular weight excluding hydrogens is 262 g/mol. The molecule has 2 heterocycles. The number of aromatic amines is 1. The summed E-state index contributed by atoms with van der Waals surface area (Å²) in [4.78, 5) is 31.0. The van der Waals surface area contributed by atoms with Gasteiger partial charge in [0.2, 0.25) is 0 Å². The number of aromatic nitrogens is 2. The van der Waals surface area contributed by atoms with Crippen LogP contribution in [-0.4, -0.2) is 15.9 Å². The smallest absolute Gasteiger partial charge is 0.257 e. The number of carbonyl (C=O) groups excluding carboxylic acids is 1. The molecule has 0 radical (unpaired) electrons. The highest BCUT2D eigenvalue weighted by Crippen LogP contribution is 2.22. The average Bonchev–Trinajstić information content (AvgIpc) is 2.81. The topological polar surface area (TPSA) is 74.8 Å². The molecule has 1 amide bonds. The van der Waals surface area contributed by atoms with Crippen LogP contribution in [-0.2, 0) is 5.54 Å². The van der Waals surface area contributed by atoms with Gasteiger partial charge in [-0.2, -0.15) is 0 Å². The number of rotatable bonds is 3. The Kier molecular flexibility index (Phi) is 3.53. The van der Waals surface area contributed by atoms with Crippen molar-refractivity contribution in [2.75, 3.05) is 0 Å². The van der Waals surface area contributed by atoms with Crippen LogP contribution in [0.15, 0.2) is 28.6 Å². The third-order valence-corrected chi connectivity index (χ3v) is 3.79. The molecule has 6 heteroatoms. The van der Waals surface area contributed by atoms with Crippen LogP contribution < -0.4 is 10.7 Å². The molecule has 0 unspecified atom stereocenters. The van der Waals surface area contributed by atoms with Crippen LogP contribution in [0.1, 0.15) is 34.9 Å². The molecule has 2 aromatic heterocycles. The van der Waals surface area contributed by atoms with Crippen molar-refractivity contribution in [3.05, 3.63) is 50.3 Å². The Morgan fingerprint density at radius 1 is 1.47 bits per heavy atom. The SMILES string of the molecule is Cc1cc(=O)c(C(=O)NC(C)(C)c2nccs2)c[nH]1. The molecule has 0 bridgehead atoms. The molecule has 0 saturated carbocycles. The number of amides is 1. The fraction of sp³-hybridized carbons (Fsp3) is 0.308. The molecule has 2 N–H and O–H groups in total. The fourth-order valence-electron chi connectivity index (χ4n) is 1.69. The summed E-state index contributed by atoms with van der Waals surface area (Å²) in [5.74, 6) is -0.401. The van der Waals surface area contributed by atoms with Crippen molar-refractivity contribution in [1.82, 2.24) is 15.3 Å². The average molecular weight is 277 g/mol. The highest BCUT2D eigenvalue weighted by molar-refractivity contribution is 7.09. The summed E-state index contributed by atoms with van der Waals surface area (Å²) in [5, 5.41) is 5.47. The van der Waals surface area contributed by atoms with Gasteiger partial charge >= 0.3 is 0 Å². The van der Waals surface area contributed by atoms with E-state index in [2.05, 4.69) is 15.3 Å². The first-order chi connectivity index (χ1) is 8.90. The van der Waals surface area contributed by atoms with Gasteiger partial charge in [0.1, 0.15) is 10.6 Å². The van der Waals surface area contributed by atoms with E-state index in [0.717, 1.165) is 10.7 Å². The van der Waals surface area contributed by atoms with Crippen molar-refractivity contribution in [1.29, 1.82) is 0 Å². The number of thiazole rings is 1. The van der Waals surface area contributed by atoms with E-state index in [-0.39, 0.29) is 11.0 Å². The summed E-state index contributed by atoms with van der Waals surface area (Å²) < 4.78 is 0. The summed E-state index contributed by atoms with van der Waals surface area (Å²) in [6.07, 6.45) is 3.12. The predicted molar refractivity (Wildman–Crippen MR) is 74.4 cm³/mol. The number of H-pyrrole nitrogens is 1. The van der Waals surface area contributed by atoms with Crippen molar-refractivity contribution in [2.45, 2.75) is 26.3 Å². The van der Waals surface area contributed by atoms with Crippen molar-refractivity contribution in [3.63, 3.8) is 0 Å². The van der Waals surface area contributed by atoms with Crippen LogP contribution in [0.5, 0.6) is 0 Å². The van der Waals surface area contributed by atoms with Crippen molar-refractivity contribution in [3.8, 4) is 0 Å². The highest BCUT2D eigenvalue weighted by Gasteiger charge is 2.26. The lowest BCUT2D eigenvalue weighted by Crippen LogP contribution is -2.42. The second-order valence-electron chi connectivity index (χ2n) is 4.81. The quantitative estimate of drug-likeness (QED) is 0.898. The Balaban J connectivity index is 2.24. The Morgan fingerprint density at radius 3 is 2.79 bits per heavy atom. The second-order valence-corrected chi connectivity index (χ2v) is 5.70. The third-order valence-electron chi connectivity index (χ3n) is 2.69. The van der Waals surface area contributed by atoms with Gasteiger partial charge in [-0.05, 0) is 20.8 Å². The maximum atomic E-state index is 12.1. The van der Waals surface area contributed by atoms with Crippen LogP contribution in [0.25, 0.3) is 0 Å². The Morgan fingerprint density at radius 2 is 2.21 bits per heavy atom. The maximum absolute atomic E-state index is 12.1. The van der Waals surface area contributed by atoms with Gasteiger partial charge in [-0.15, -0.1) is 11.3 Å². The third kappa shape index (κ3) is 2.90. The first-order valence-corrected chi connectivity index (χ1v) is 6.70. The molecule has 0 fully saturated rings. The fourth-order valence-corrected chi connectivity index (χ4v) is 2.41. The molecule has 19 heavy (non-hydrogen) atoms. The highest BCUT2D eigenvalue weighted by atomic mass is 32.1. The second kappa shape index (κ2) is 4.97. The van der Waals surface area contributed by atoms with E-state index in [1.165, 1.54) is 23.6 Å². The molecule has 0 spiro atoms. The Bertz CT molecular complexity index is 644. The standard InChI is InChI=1S/C13H15N3O2S/c1-8-6-10(17)9(7-15-8)11(18)16-13(2,3)12-14-4-5-19-12/h4-7H,1-3H3,(H,15,17)(H,16,18). The zero-order chi connectivity index (χ0) is 14.0. The van der Waals surface area contributed by atoms with Gasteiger partial charge in [0.25, 0.3) is 5.91 Å². The van der Waals surface area contributed by atoms with E-state index >= 15 is 0 Å². The molecule has 0 aliphatic carbocycles. The Hall–Kier alpha value is -1.95. The van der Waals surface area contributed by atoms with Gasteiger partial charge in [-0.25, -0.2) is 4.98 Å². The zero-order valence-corrected chi connectivity index (χ0v) is 11.8. The van der Waals surface area contributed by atoms with Crippen LogP contribution in [0.4, 0.5) is 0 Å². The van der Waals surface area contributed by atoms with Gasteiger partial charge < -0.3 is 10.3 Å². The van der Waals surface area contributed by atoms with E-state index in [0.29, 0.717) is 0 Å². The number of hydrogen-bond donors (Lipinski definition) is 2. The molecular formula is C13H15N3O2S. The van der Waals surface area contributed by atoms with Gasteiger partial charge in [0.15, 0.2) is 5.43 Å². The Labute approximate surface area is 114 Å². The molecule has 0 aliphatic heterocycles. The van der Waals surface area contributed by atoms with Crippen molar-refractivity contribution >= 4 is 17.2 Å². The van der Waals surface area contributed by atoms with Gasteiger partial charge in [-0.1, -0.05) is 0 Å². The lowest BCUT2D eigenvalue weighted by molar-refractivity contribution is 0.0910. The molecule has 100 valence electrons. The molecule has 0 atom stereocenters. The first-order valence-electron chi connectivity index (χ1n) is 5.82. The normalized spacial score (nSPS) is 11.3. The summed E-state index contributed by atoms with van der Waals surface area (Å²) in [5.41, 5.74) is -0.0672. The minimum atomic E-state index is -0.609. The van der Waals surface area contributed by atoms with Gasteiger partial charge in [-0.3, -0.25) is 9.59 Å². The number of nitrogens with one attached hydrogen (secondary N) is 2. The molecule has 0 saturated heterocycles. The minimum Gasteiger partial charge on any atom is -0.364 e. The van der Waals surface area contributed by atoms with E-state index in [9.17, 15) is 9.59 Å². The molecule has 2 rings (SSSR count). The lowest BCUT2D eigenvalue weighted by Gasteiger charge is -2.23. The van der Waals surface area contributed by atoms with Crippen molar-refractivity contribution < 1.29 is 4.79 Å². The zero-order valence-electron chi connectivity index (χ0n) is 11.0. The lowest BCUT2D eigenvalue weighted by atomic mass is 10.1. The van der Waals surface area contributed by atoms with Crippen LogP contribution in [0.2, 0.25) is 0 Å². The van der Waals surface area contributed by atoms with E-state index < -0.39 is 11.4 Å². The van der Waals surface area contributed by atoms with Crippen LogP contribution in [0, 0.1) is 6.92 Å². The summed E-state index contributed by atoms with van der Waals surface area (Å²) in [7, 11) is 0. The molecule has 0 aliphatic rings. The number of pyridine rings is 1. The van der Waals surface area contributed by atoms with Gasteiger partial charge in [0.05, 0.1) is 5.54 Å². The largest absolute Gasteiger partial charge is 0.364 e. The first kappa shape index (κ1) is 13.5. The molecule has 0 aromatic carbocycles. The summed E-state index contributed by atoms with van der Waals surface area (Å²) in [6, 6.07) is 1.41. The predicted octanol–water partition coefficient (Wildman–Crippen LogP) is 1.80. The van der Waals surface area contributed by atoms with Crippen molar-refractivity contribution in [2.24, 2.45) is 0 Å². The molecule has 5 nitrogen and oxygen atoms in total. The monoisotopic (exact) mass is 277 g/mol. The maximum Gasteiger partial charge on any atom is 0.257 e. The summed E-state index contributed by atoms with van der Waals surface area (Å²) >= 11 is 1.46. The number of nitrogens with zero attached hydrogens (tertiary/aromatic N) is 1. The van der Waals surface area contributed by atoms with Gasteiger partial charge in [0, 0.05) is 29.5 Å².